The van der Waals surface area contributed by atoms with E-state index in [4.69, 9.17) is 9.84 Å². The number of H-pyrrole nitrogens is 1. The fraction of sp³-hybridized carbons (Fsp3) is 0.266. The van der Waals surface area contributed by atoms with Crippen molar-refractivity contribution in [1.29, 1.82) is 0 Å². The zero-order valence-corrected chi connectivity index (χ0v) is 64.5. The first-order chi connectivity index (χ1) is 53.0. The van der Waals surface area contributed by atoms with Crippen molar-refractivity contribution in [3.05, 3.63) is 271 Å². The Labute approximate surface area is 649 Å². The van der Waals surface area contributed by atoms with E-state index in [2.05, 4.69) is 209 Å². The third-order valence-electron chi connectivity index (χ3n) is 17.1. The number of carbonyl (C=O) groups excluding carboxylic acids is 2. The summed E-state index contributed by atoms with van der Waals surface area (Å²) >= 11 is 0. The highest BCUT2D eigenvalue weighted by Crippen LogP contribution is 2.54. The average Bonchev–Trinajstić information content (AvgIpc) is 0.811. The number of carboxylic acid groups (broad SMARTS) is 1. The number of hydrogen-bond donors (Lipinski definition) is 2. The number of imidazole rings is 1. The normalized spacial score (nSPS) is 15.2. The molecule has 3 aliphatic heterocycles. The Balaban J connectivity index is 0.000000177. The molecule has 0 radical (unpaired) electrons. The number of amides is 1. The number of halogens is 9. The number of piperidine rings is 1. The second-order valence-corrected chi connectivity index (χ2v) is 34.8. The summed E-state index contributed by atoms with van der Waals surface area (Å²) in [5.41, 5.74) is -4.00. The van der Waals surface area contributed by atoms with Crippen molar-refractivity contribution in [2.75, 3.05) is 45.9 Å². The number of nitrogens with one attached hydrogen (secondary N) is 1. The van der Waals surface area contributed by atoms with E-state index in [0.29, 0.717) is 4.13 Å². The number of aromatic carboxylic acids is 1. The molecule has 4 heterocycles. The molecule has 1 atom stereocenters. The van der Waals surface area contributed by atoms with Crippen LogP contribution in [0.25, 0.3) is 26.5 Å². The number of ether oxygens (including phenoxy) is 2. The Kier molecular flexibility index (Phi) is 30.7. The fourth-order valence-corrected chi connectivity index (χ4v) is 18.8. The molecule has 3 aliphatic rings. The zero-order chi connectivity index (χ0) is 81.6. The van der Waals surface area contributed by atoms with E-state index in [1.165, 1.54) is 65.0 Å². The molecule has 3 saturated heterocycles. The summed E-state index contributed by atoms with van der Waals surface area (Å²) in [4.78, 5) is 52.5. The summed E-state index contributed by atoms with van der Waals surface area (Å²) in [7, 11) is -22.3. The van der Waals surface area contributed by atoms with E-state index in [0.717, 1.165) is 54.8 Å². The molecule has 19 nitrogen and oxygen atoms in total. The van der Waals surface area contributed by atoms with Crippen LogP contribution in [0, 0.1) is 0 Å². The molecule has 9 aromatic carbocycles. The first kappa shape index (κ1) is 87.8. The third kappa shape index (κ3) is 22.6. The van der Waals surface area contributed by atoms with Crippen molar-refractivity contribution < 1.29 is 98.8 Å². The van der Waals surface area contributed by atoms with Crippen LogP contribution in [0.2, 0.25) is 0 Å². The van der Waals surface area contributed by atoms with Crippen molar-refractivity contribution in [1.82, 2.24) is 24.1 Å². The van der Waals surface area contributed by atoms with E-state index < -0.39 is 106 Å². The number of carbonyl (C=O) groups is 3. The van der Waals surface area contributed by atoms with Crippen LogP contribution < -0.4 is 5.11 Å². The van der Waals surface area contributed by atoms with Crippen molar-refractivity contribution in [2.45, 2.75) is 116 Å². The second kappa shape index (κ2) is 39.1. The van der Waals surface area contributed by atoms with Crippen molar-refractivity contribution in [3.8, 4) is 17.1 Å². The molecular formula is C79H79F9N6O13S5. The first-order valence-electron chi connectivity index (χ1n) is 34.6. The van der Waals surface area contributed by atoms with Gasteiger partial charge in [0.05, 0.1) is 45.0 Å². The Morgan fingerprint density at radius 3 is 1.30 bits per heavy atom. The molecule has 0 saturated carbocycles. The number of alkyl halides is 9. The largest absolute Gasteiger partial charge is 0.872 e. The summed E-state index contributed by atoms with van der Waals surface area (Å²) in [6, 6.07) is 87.1. The van der Waals surface area contributed by atoms with E-state index in [1.807, 2.05) is 68.1 Å². The van der Waals surface area contributed by atoms with Crippen LogP contribution in [0.1, 0.15) is 63.2 Å². The lowest BCUT2D eigenvalue weighted by Crippen LogP contribution is -2.65. The van der Waals surface area contributed by atoms with Gasteiger partial charge in [0.15, 0.2) is 49.4 Å². The maximum Gasteiger partial charge on any atom is 0.480 e. The maximum atomic E-state index is 14.3. The maximum absolute atomic E-state index is 14.3. The van der Waals surface area contributed by atoms with Crippen LogP contribution in [-0.2, 0) is 66.1 Å². The van der Waals surface area contributed by atoms with Crippen LogP contribution in [0.5, 0.6) is 5.75 Å². The van der Waals surface area contributed by atoms with E-state index in [9.17, 15) is 84.3 Å². The van der Waals surface area contributed by atoms with E-state index in [1.54, 1.807) is 0 Å². The number of sulfonamides is 3. The second-order valence-electron chi connectivity index (χ2n) is 25.3. The molecule has 0 aliphatic carbocycles. The molecule has 0 bridgehead atoms. The number of piperazine rings is 1. The molecule has 33 heteroatoms. The van der Waals surface area contributed by atoms with Gasteiger partial charge in [0.1, 0.15) is 17.5 Å². The highest BCUT2D eigenvalue weighted by Gasteiger charge is 2.81. The minimum Gasteiger partial charge on any atom is -0.872 e. The molecule has 13 rings (SSSR count). The van der Waals surface area contributed by atoms with Gasteiger partial charge in [-0.15, -0.1) is 0 Å². The van der Waals surface area contributed by atoms with Gasteiger partial charge in [-0.25, -0.2) is 39.8 Å². The number of cyclic esters (lactones) is 1. The molecular weight excluding hydrogens is 1570 g/mol. The molecule has 1 amide bonds. The predicted octanol–water partition coefficient (Wildman–Crippen LogP) is 16.7. The van der Waals surface area contributed by atoms with Crippen molar-refractivity contribution >= 4 is 80.9 Å². The highest BCUT2D eigenvalue weighted by molar-refractivity contribution is 8.13. The van der Waals surface area contributed by atoms with Gasteiger partial charge in [0.2, 0.25) is 0 Å². The number of rotatable bonds is 18. The summed E-state index contributed by atoms with van der Waals surface area (Å²) in [6.07, 6.45) is 4.29. The molecule has 2 N–H and O–H groups in total. The number of benzene rings is 9. The van der Waals surface area contributed by atoms with E-state index >= 15 is 0 Å². The Hall–Kier alpha value is -9.74. The van der Waals surface area contributed by atoms with Crippen molar-refractivity contribution in [2.24, 2.45) is 0 Å². The summed E-state index contributed by atoms with van der Waals surface area (Å²) in [5.74, 6) is -8.95. The summed E-state index contributed by atoms with van der Waals surface area (Å²) in [6.45, 7) is 4.41. The highest BCUT2D eigenvalue weighted by atomic mass is 32.3. The van der Waals surface area contributed by atoms with Gasteiger partial charge in [0, 0.05) is 51.3 Å². The predicted molar refractivity (Wildman–Crippen MR) is 407 cm³/mol. The Bertz CT molecular complexity index is 4670. The SMILES string of the molecule is CCC(C)(C)OC(=O)N1CCCCC1.O=C(O)c1ccccc1[O-].O=C1OCCC1N1CCN(S(=O)(=O)C(F)(F)C(F)(F)C(F)(F)S(=O)(=O)[N-]S(=O)(=O)C(F)(F)F)CC1.c1ccc(-c2nc3ccccc3[nH]2)cc1.c1ccc([S+](c2ccccc2)c2ccccc2)cc1.c1ccc([S+](c2ccccc2)c2ccccc2)cc1. The summed E-state index contributed by atoms with van der Waals surface area (Å²) < 4.78 is 200. The molecule has 596 valence electrons. The number of aromatic nitrogens is 2. The molecule has 3 fully saturated rings. The van der Waals surface area contributed by atoms with Gasteiger partial charge < -0.3 is 33.7 Å². The van der Waals surface area contributed by atoms with Gasteiger partial charge in [-0.3, -0.25) is 9.69 Å². The molecule has 112 heavy (non-hydrogen) atoms. The van der Waals surface area contributed by atoms with Gasteiger partial charge in [-0.1, -0.05) is 183 Å². The molecule has 1 unspecified atom stereocenters. The number of carboxylic acids is 1. The lowest BCUT2D eigenvalue weighted by atomic mass is 10.1. The summed E-state index contributed by atoms with van der Waals surface area (Å²) in [5, 5.41) is 4.62. The first-order valence-corrected chi connectivity index (χ1v) is 41.4. The van der Waals surface area contributed by atoms with Gasteiger partial charge in [0.25, 0.3) is 10.0 Å². The fourth-order valence-electron chi connectivity index (χ4n) is 10.9. The quantitative estimate of drug-likeness (QED) is 0.0459. The standard InChI is InChI=1S/2C18H15S.C13H10N2.C12H13F9N3O8S3.C11H21NO2.C7H6O3/c2*1-4-10-16(11-5-1)19(17-12-6-2-7-13-17)18-14-8-3-9-15-18;1-2-6-10(7-3-1)13-14-11-8-4-5-9-12(11)15-13;13-9(14,10(15,16)33(26,27)22-34(28,29)12(19,20)21)11(17,18)35(30,31)24-4-2-23(3-5-24)7-1-6-32-8(7)25;1-4-11(2,3)14-10(13)12-8-6-5-7-9-12;8-6-4-2-1-3-5(6)7(9)10/h2*1-15H;1-9H,(H,14,15);7H,1-6H2;4-9H2,1-3H3;1-4,8H,(H,9,10)/q2*+1;;-1;;/p-1. The van der Waals surface area contributed by atoms with Crippen LogP contribution >= 0.6 is 0 Å². The van der Waals surface area contributed by atoms with Crippen LogP contribution in [0.15, 0.2) is 290 Å². The Morgan fingerprint density at radius 2 is 0.938 bits per heavy atom. The number of nitrogens with zero attached hydrogens (tertiary/aromatic N) is 5. The number of aromatic amines is 1. The lowest BCUT2D eigenvalue weighted by Gasteiger charge is -2.40. The van der Waals surface area contributed by atoms with Crippen LogP contribution in [0.4, 0.5) is 44.3 Å². The zero-order valence-electron chi connectivity index (χ0n) is 60.4. The number of esters is 1. The molecule has 10 aromatic rings. The molecule has 1 aromatic heterocycles. The minimum atomic E-state index is -7.95. The minimum absolute atomic E-state index is 0.0146. The number of hydrogen-bond acceptors (Lipinski definition) is 14. The van der Waals surface area contributed by atoms with E-state index in [-0.39, 0.29) is 52.1 Å². The van der Waals surface area contributed by atoms with Crippen LogP contribution in [-0.4, -0.2) is 152 Å². The monoisotopic (exact) mass is 1650 g/mol. The Morgan fingerprint density at radius 1 is 0.545 bits per heavy atom. The average molecular weight is 1650 g/mol. The van der Waals surface area contributed by atoms with Gasteiger partial charge in [-0.05, 0) is 131 Å². The van der Waals surface area contributed by atoms with Crippen LogP contribution in [0.3, 0.4) is 0 Å². The smallest absolute Gasteiger partial charge is 0.480 e. The topological polar surface area (TPSA) is 268 Å². The van der Waals surface area contributed by atoms with Gasteiger partial charge >= 0.3 is 40.0 Å². The number of likely N-dealkylation sites (tertiary alicyclic amines) is 1. The number of fused-ring (bicyclic) bond motifs is 1. The molecule has 0 spiro atoms. The van der Waals surface area contributed by atoms with Gasteiger partial charge in [-0.2, -0.15) is 43.8 Å². The lowest BCUT2D eigenvalue weighted by molar-refractivity contribution is -0.268. The number of para-hydroxylation sites is 3. The van der Waals surface area contributed by atoms with Crippen molar-refractivity contribution in [3.63, 3.8) is 0 Å². The third-order valence-corrected chi connectivity index (χ3v) is 26.6.